The predicted molar refractivity (Wildman–Crippen MR) is 74.3 cm³/mol. The maximum Gasteiger partial charge on any atom is 0.148 e. The molecule has 2 aliphatic rings. The van der Waals surface area contributed by atoms with Crippen LogP contribution in [-0.2, 0) is 0 Å². The van der Waals surface area contributed by atoms with E-state index in [9.17, 15) is 0 Å². The van der Waals surface area contributed by atoms with E-state index in [0.29, 0.717) is 0 Å². The van der Waals surface area contributed by atoms with E-state index in [-0.39, 0.29) is 22.3 Å². The average molecular weight is 214 g/mol. The van der Waals surface area contributed by atoms with Crippen LogP contribution in [0.3, 0.4) is 0 Å². The Morgan fingerprint density at radius 2 is 1.27 bits per heavy atom. The van der Waals surface area contributed by atoms with Crippen LogP contribution >= 0.6 is 0 Å². The number of rotatable bonds is 0. The fourth-order valence-electron chi connectivity index (χ4n) is 2.73. The number of hydrogen-bond acceptors (Lipinski definition) is 2. The van der Waals surface area contributed by atoms with Crippen LogP contribution < -0.4 is 0 Å². The second-order valence-corrected chi connectivity index (χ2v) is 4.62. The number of hydrogen-bond donors (Lipinski definition) is 0. The number of fused-ring (bicyclic) bond motifs is 1. The highest BCUT2D eigenvalue weighted by atomic mass is 15.1. The van der Waals surface area contributed by atoms with Gasteiger partial charge in [-0.25, -0.2) is 0 Å². The van der Waals surface area contributed by atoms with Crippen molar-refractivity contribution >= 4 is 6.71 Å². The van der Waals surface area contributed by atoms with Gasteiger partial charge in [0.1, 0.15) is 6.71 Å². The Morgan fingerprint density at radius 1 is 0.867 bits per heavy atom. The van der Waals surface area contributed by atoms with Crippen molar-refractivity contribution in [3.05, 3.63) is 0 Å². The van der Waals surface area contributed by atoms with Gasteiger partial charge in [0.25, 0.3) is 0 Å². The summed E-state index contributed by atoms with van der Waals surface area (Å²) < 4.78 is 0. The lowest BCUT2D eigenvalue weighted by atomic mass is 9.34. The Kier molecular flexibility index (Phi) is 8.45. The van der Waals surface area contributed by atoms with Crippen molar-refractivity contribution in [3.8, 4) is 0 Å². The Labute approximate surface area is 98.1 Å². The van der Waals surface area contributed by atoms with Crippen LogP contribution in [0.4, 0.5) is 0 Å². The first-order valence-corrected chi connectivity index (χ1v) is 5.13. The zero-order valence-corrected chi connectivity index (χ0v) is 8.29. The van der Waals surface area contributed by atoms with Gasteiger partial charge in [0.2, 0.25) is 0 Å². The van der Waals surface area contributed by atoms with Crippen LogP contribution in [-0.4, -0.2) is 56.8 Å². The maximum absolute atomic E-state index is 2.49. The Bertz CT molecular complexity index is 148. The molecule has 0 N–H and O–H groups in total. The van der Waals surface area contributed by atoms with Gasteiger partial charge in [-0.05, 0) is 46.1 Å². The van der Waals surface area contributed by atoms with Crippen LogP contribution in [0.25, 0.3) is 0 Å². The minimum Gasteiger partial charge on any atom is -0.307 e. The van der Waals surface area contributed by atoms with Crippen LogP contribution in [0.15, 0.2) is 0 Å². The first-order valence-electron chi connectivity index (χ1n) is 5.13. The molecular weight excluding hydrogens is 183 g/mol. The molecule has 0 saturated carbocycles. The standard InChI is InChI=1S/C9H19BN2.3CH4/c1-11-5-3-10-4-6-12(2)8-9(10)7-11;;;/h9H,3-8H2,1-2H3;3*1H4. The molecule has 0 spiro atoms. The number of nitrogens with zero attached hydrogens (tertiary/aromatic N) is 2. The van der Waals surface area contributed by atoms with E-state index in [1.54, 1.807) is 0 Å². The van der Waals surface area contributed by atoms with E-state index in [2.05, 4.69) is 23.9 Å². The molecule has 2 aliphatic heterocycles. The van der Waals surface area contributed by atoms with Gasteiger partial charge in [-0.2, -0.15) is 0 Å². The van der Waals surface area contributed by atoms with Crippen molar-refractivity contribution in [2.24, 2.45) is 0 Å². The lowest BCUT2D eigenvalue weighted by Gasteiger charge is -2.41. The second-order valence-electron chi connectivity index (χ2n) is 4.62. The van der Waals surface area contributed by atoms with Crippen molar-refractivity contribution < 1.29 is 0 Å². The van der Waals surface area contributed by atoms with Gasteiger partial charge < -0.3 is 9.80 Å². The second kappa shape index (κ2) is 7.29. The van der Waals surface area contributed by atoms with Crippen LogP contribution in [0.5, 0.6) is 0 Å². The molecule has 15 heavy (non-hydrogen) atoms. The quantitative estimate of drug-likeness (QED) is 0.572. The van der Waals surface area contributed by atoms with Gasteiger partial charge >= 0.3 is 0 Å². The van der Waals surface area contributed by atoms with E-state index in [1.165, 1.54) is 38.8 Å². The molecule has 0 atom stereocenters. The van der Waals surface area contributed by atoms with Gasteiger partial charge in [0.15, 0.2) is 0 Å². The lowest BCUT2D eigenvalue weighted by Crippen LogP contribution is -2.48. The highest BCUT2D eigenvalue weighted by molar-refractivity contribution is 6.61. The molecule has 0 amide bonds. The molecule has 3 heteroatoms. The van der Waals surface area contributed by atoms with Crippen molar-refractivity contribution in [3.63, 3.8) is 0 Å². The molecule has 2 nitrogen and oxygen atoms in total. The fraction of sp³-hybridized carbons (Fsp3) is 1.00. The Morgan fingerprint density at radius 3 is 1.67 bits per heavy atom. The Hall–Kier alpha value is -0.0151. The lowest BCUT2D eigenvalue weighted by molar-refractivity contribution is 0.260. The normalized spacial score (nSPS) is 23.2. The molecule has 0 aromatic heterocycles. The van der Waals surface area contributed by atoms with E-state index in [0.717, 1.165) is 12.5 Å². The summed E-state index contributed by atoms with van der Waals surface area (Å²) in [6, 6.07) is 0. The van der Waals surface area contributed by atoms with Crippen LogP contribution in [0.2, 0.25) is 18.5 Å². The van der Waals surface area contributed by atoms with Gasteiger partial charge in [0, 0.05) is 0 Å². The third-order valence-electron chi connectivity index (χ3n) is 3.52. The van der Waals surface area contributed by atoms with Crippen molar-refractivity contribution in [1.29, 1.82) is 0 Å². The summed E-state index contributed by atoms with van der Waals surface area (Å²) in [7, 11) is 4.51. The minimum absolute atomic E-state index is 0. The van der Waals surface area contributed by atoms with E-state index >= 15 is 0 Å². The molecule has 0 unspecified atom stereocenters. The van der Waals surface area contributed by atoms with E-state index in [1.807, 2.05) is 0 Å². The third kappa shape index (κ3) is 4.16. The largest absolute Gasteiger partial charge is 0.307 e. The SMILES string of the molecule is C.C.C.CN1CCB2CCN(C)CC2C1. The Balaban J connectivity index is 0. The molecular formula is C12H31BN2. The summed E-state index contributed by atoms with van der Waals surface area (Å²) in [6.45, 7) is 6.34. The summed E-state index contributed by atoms with van der Waals surface area (Å²) in [5.74, 6) is 0.961. The van der Waals surface area contributed by atoms with Gasteiger partial charge in [-0.3, -0.25) is 0 Å². The average Bonchev–Trinajstić information content (AvgIpc) is 2.03. The predicted octanol–water partition coefficient (Wildman–Crippen LogP) is 2.65. The van der Waals surface area contributed by atoms with Crippen LogP contribution in [0, 0.1) is 0 Å². The molecule has 0 aliphatic carbocycles. The maximum atomic E-state index is 2.49. The summed E-state index contributed by atoms with van der Waals surface area (Å²) in [4.78, 5) is 4.97. The van der Waals surface area contributed by atoms with Crippen LogP contribution in [0.1, 0.15) is 22.3 Å². The molecule has 2 rings (SSSR count). The molecule has 2 saturated heterocycles. The van der Waals surface area contributed by atoms with Crippen molar-refractivity contribution in [1.82, 2.24) is 9.80 Å². The highest BCUT2D eigenvalue weighted by Crippen LogP contribution is 2.28. The van der Waals surface area contributed by atoms with Crippen molar-refractivity contribution in [2.75, 3.05) is 40.3 Å². The molecule has 2 fully saturated rings. The third-order valence-corrected chi connectivity index (χ3v) is 3.52. The molecule has 92 valence electrons. The first kappa shape index (κ1) is 17.4. The monoisotopic (exact) mass is 214 g/mol. The molecule has 0 aromatic rings. The fourth-order valence-corrected chi connectivity index (χ4v) is 2.73. The molecule has 2 heterocycles. The van der Waals surface area contributed by atoms with Gasteiger partial charge in [-0.1, -0.05) is 34.9 Å². The first-order chi connectivity index (χ1) is 5.75. The zero-order valence-electron chi connectivity index (χ0n) is 8.29. The summed E-state index contributed by atoms with van der Waals surface area (Å²) in [5, 5.41) is 0. The molecule has 0 bridgehead atoms. The van der Waals surface area contributed by atoms with Gasteiger partial charge in [-0.15, -0.1) is 0 Å². The van der Waals surface area contributed by atoms with E-state index < -0.39 is 0 Å². The molecule has 0 aromatic carbocycles. The van der Waals surface area contributed by atoms with Gasteiger partial charge in [0.05, 0.1) is 0 Å². The smallest absolute Gasteiger partial charge is 0.148 e. The summed E-state index contributed by atoms with van der Waals surface area (Å²) >= 11 is 0. The summed E-state index contributed by atoms with van der Waals surface area (Å²) in [5.41, 5.74) is 0. The highest BCUT2D eigenvalue weighted by Gasteiger charge is 2.34. The van der Waals surface area contributed by atoms with E-state index in [4.69, 9.17) is 0 Å². The van der Waals surface area contributed by atoms with Crippen molar-refractivity contribution in [2.45, 2.75) is 40.7 Å². The molecule has 0 radical (unpaired) electrons. The summed E-state index contributed by atoms with van der Waals surface area (Å²) in [6.07, 6.45) is 2.88. The minimum atomic E-state index is 0. The topological polar surface area (TPSA) is 6.48 Å². The zero-order chi connectivity index (χ0) is 8.55.